The number of unbranched alkanes of at least 4 members (excludes halogenated alkanes) is 2. The van der Waals surface area contributed by atoms with Gasteiger partial charge in [0.25, 0.3) is 0 Å². The third-order valence-corrected chi connectivity index (χ3v) is 11.5. The Morgan fingerprint density at radius 1 is 0.750 bits per heavy atom. The quantitative estimate of drug-likeness (QED) is 0.296. The van der Waals surface area contributed by atoms with E-state index in [4.69, 9.17) is 9.47 Å². The van der Waals surface area contributed by atoms with Crippen molar-refractivity contribution < 1.29 is 18.6 Å². The molecular formula is C40H58N2O2+2. The zero-order valence-electron chi connectivity index (χ0n) is 29.4. The van der Waals surface area contributed by atoms with Crippen LogP contribution in [0.25, 0.3) is 0 Å². The van der Waals surface area contributed by atoms with Gasteiger partial charge >= 0.3 is 6.03 Å². The number of hydrogen-bond donors (Lipinski definition) is 0. The van der Waals surface area contributed by atoms with E-state index in [9.17, 15) is 0 Å². The highest BCUT2D eigenvalue weighted by Gasteiger charge is 2.86. The van der Waals surface area contributed by atoms with Crippen molar-refractivity contribution in [2.24, 2.45) is 0 Å². The molecule has 2 aromatic rings. The van der Waals surface area contributed by atoms with E-state index in [1.165, 1.54) is 79.2 Å². The number of ether oxygens (including phenoxy) is 2. The topological polar surface area (TPSA) is 24.5 Å². The molecule has 4 nitrogen and oxygen atoms in total. The van der Waals surface area contributed by atoms with Crippen molar-refractivity contribution in [2.75, 3.05) is 0 Å². The molecule has 0 bridgehead atoms. The van der Waals surface area contributed by atoms with Gasteiger partial charge in [-0.1, -0.05) is 102 Å². The van der Waals surface area contributed by atoms with E-state index in [1.807, 2.05) is 0 Å². The van der Waals surface area contributed by atoms with Crippen molar-refractivity contribution in [3.63, 3.8) is 0 Å². The van der Waals surface area contributed by atoms with Crippen LogP contribution in [-0.4, -0.2) is 38.7 Å². The highest BCUT2D eigenvalue weighted by molar-refractivity contribution is 5.84. The first-order valence-corrected chi connectivity index (χ1v) is 17.7. The molecule has 0 N–H and O–H groups in total. The molecule has 1 spiro atoms. The number of rotatable bonds is 7. The van der Waals surface area contributed by atoms with Crippen LogP contribution < -0.4 is 9.47 Å². The van der Waals surface area contributed by atoms with E-state index in [0.29, 0.717) is 5.92 Å². The summed E-state index contributed by atoms with van der Waals surface area (Å²) in [4.78, 5) is 0. The van der Waals surface area contributed by atoms with Gasteiger partial charge in [-0.15, -0.1) is 0 Å². The summed E-state index contributed by atoms with van der Waals surface area (Å²) in [6.45, 7) is 23.4. The Labute approximate surface area is 267 Å². The molecule has 4 aliphatic rings. The first-order valence-electron chi connectivity index (χ1n) is 17.7. The molecule has 238 valence electrons. The first kappa shape index (κ1) is 31.4. The monoisotopic (exact) mass is 598 g/mol. The summed E-state index contributed by atoms with van der Waals surface area (Å²) >= 11 is 0. The second kappa shape index (κ2) is 10.7. The smallest absolute Gasteiger partial charge is 0.341 e. The van der Waals surface area contributed by atoms with Crippen molar-refractivity contribution >= 4 is 12.4 Å². The standard InChI is InChI=1S/C40H58N2O2/c1-11-13-17-28(18-14-12-2)29-19-20-34-30(23-29)26-41-38(9)21-15-16-22-39(38,10)42-27-31-24-32(36(3,4)5)25-33(37(6,7)8)35(31)44-40(41,42)43-34/h19-20,23-28H,11-18,21-22H2,1-10H3/q+2/t38-,39-,40?/m0/s1. The Hall–Kier alpha value is -2.62. The van der Waals surface area contributed by atoms with E-state index in [2.05, 4.69) is 121 Å². The van der Waals surface area contributed by atoms with Crippen molar-refractivity contribution in [3.05, 3.63) is 58.1 Å². The summed E-state index contributed by atoms with van der Waals surface area (Å²) in [5.41, 5.74) is 6.08. The van der Waals surface area contributed by atoms with E-state index < -0.39 is 6.03 Å². The van der Waals surface area contributed by atoms with Crippen LogP contribution in [-0.2, 0) is 10.8 Å². The Bertz CT molecular complexity index is 1500. The second-order valence-electron chi connectivity index (χ2n) is 16.7. The third kappa shape index (κ3) is 4.76. The van der Waals surface area contributed by atoms with E-state index in [1.54, 1.807) is 0 Å². The minimum absolute atomic E-state index is 0.0379. The van der Waals surface area contributed by atoms with Gasteiger partial charge in [-0.2, -0.15) is 0 Å². The van der Waals surface area contributed by atoms with Gasteiger partial charge in [0.1, 0.15) is 0 Å². The van der Waals surface area contributed by atoms with Crippen molar-refractivity contribution in [1.29, 1.82) is 0 Å². The summed E-state index contributed by atoms with van der Waals surface area (Å²) in [5, 5.41) is 0. The first-order chi connectivity index (χ1) is 20.7. The molecule has 4 heteroatoms. The normalized spacial score (nSPS) is 27.2. The number of fused-ring (bicyclic) bond motifs is 5. The minimum Gasteiger partial charge on any atom is -0.341 e. The van der Waals surface area contributed by atoms with Crippen molar-refractivity contribution in [2.45, 2.75) is 167 Å². The Morgan fingerprint density at radius 2 is 1.34 bits per heavy atom. The van der Waals surface area contributed by atoms with E-state index >= 15 is 0 Å². The minimum atomic E-state index is -1.05. The van der Waals surface area contributed by atoms with Gasteiger partial charge < -0.3 is 9.47 Å². The van der Waals surface area contributed by atoms with Gasteiger partial charge in [0.2, 0.25) is 11.1 Å². The largest absolute Gasteiger partial charge is 0.705 e. The zero-order chi connectivity index (χ0) is 31.7. The number of hydrogen-bond acceptors (Lipinski definition) is 2. The molecule has 2 aromatic carbocycles. The highest BCUT2D eigenvalue weighted by Crippen LogP contribution is 2.56. The number of benzene rings is 2. The average Bonchev–Trinajstić information content (AvgIpc) is 3.13. The maximum absolute atomic E-state index is 7.40. The lowest BCUT2D eigenvalue weighted by Crippen LogP contribution is -2.61. The van der Waals surface area contributed by atoms with Crippen LogP contribution in [0.1, 0.15) is 167 Å². The maximum atomic E-state index is 7.40. The summed E-state index contributed by atoms with van der Waals surface area (Å²) in [7, 11) is 0. The van der Waals surface area contributed by atoms with Crippen LogP contribution in [0.5, 0.6) is 11.5 Å². The van der Waals surface area contributed by atoms with Gasteiger partial charge in [-0.3, -0.25) is 0 Å². The van der Waals surface area contributed by atoms with Crippen LogP contribution >= 0.6 is 0 Å². The van der Waals surface area contributed by atoms with E-state index in [0.717, 1.165) is 24.3 Å². The summed E-state index contributed by atoms with van der Waals surface area (Å²) < 4.78 is 19.6. The molecule has 1 aliphatic carbocycles. The molecule has 1 saturated carbocycles. The molecule has 3 heterocycles. The van der Waals surface area contributed by atoms with Crippen LogP contribution in [0, 0.1) is 0 Å². The van der Waals surface area contributed by atoms with Crippen LogP contribution in [0.2, 0.25) is 0 Å². The Morgan fingerprint density at radius 3 is 1.89 bits per heavy atom. The lowest BCUT2D eigenvalue weighted by atomic mass is 9.69. The van der Waals surface area contributed by atoms with Gasteiger partial charge in [0.15, 0.2) is 23.9 Å². The molecule has 3 atom stereocenters. The van der Waals surface area contributed by atoms with Gasteiger partial charge in [-0.05, 0) is 71.8 Å². The summed E-state index contributed by atoms with van der Waals surface area (Å²) in [5.74, 6) is 2.49. The van der Waals surface area contributed by atoms with Crippen molar-refractivity contribution in [3.8, 4) is 11.5 Å². The van der Waals surface area contributed by atoms with Gasteiger partial charge in [-0.25, -0.2) is 0 Å². The molecular weight excluding hydrogens is 540 g/mol. The number of nitrogens with zero attached hydrogens (tertiary/aromatic N) is 2. The highest BCUT2D eigenvalue weighted by atomic mass is 16.7. The lowest BCUT2D eigenvalue weighted by molar-refractivity contribution is -0.876. The fraction of sp³-hybridized carbons (Fsp3) is 0.650. The predicted molar refractivity (Wildman–Crippen MR) is 182 cm³/mol. The van der Waals surface area contributed by atoms with Crippen LogP contribution in [0.4, 0.5) is 0 Å². The Kier molecular flexibility index (Phi) is 7.65. The SMILES string of the molecule is CCCCC(CCCC)c1ccc2c(c1)C=[N+]1C3(O2)Oc2c(cc(C(C)(C)C)cc2C(C)(C)C)C=[N+]3[C@@]2(C)CCCC[C@]12C. The lowest BCUT2D eigenvalue weighted by Gasteiger charge is -2.33. The van der Waals surface area contributed by atoms with Crippen LogP contribution in [0.3, 0.4) is 0 Å². The van der Waals surface area contributed by atoms with Gasteiger partial charge in [0, 0.05) is 32.3 Å². The molecule has 44 heavy (non-hydrogen) atoms. The van der Waals surface area contributed by atoms with E-state index in [-0.39, 0.29) is 21.9 Å². The summed E-state index contributed by atoms with van der Waals surface area (Å²) in [6, 6.07) is 10.7. The van der Waals surface area contributed by atoms with Gasteiger partial charge in [0.05, 0.1) is 11.1 Å². The summed E-state index contributed by atoms with van der Waals surface area (Å²) in [6.07, 6.45) is 17.0. The maximum Gasteiger partial charge on any atom is 0.705 e. The molecule has 2 fully saturated rings. The fourth-order valence-corrected chi connectivity index (χ4v) is 8.44. The van der Waals surface area contributed by atoms with Crippen LogP contribution in [0.15, 0.2) is 30.3 Å². The second-order valence-corrected chi connectivity index (χ2v) is 16.7. The predicted octanol–water partition coefficient (Wildman–Crippen LogP) is 9.81. The third-order valence-electron chi connectivity index (χ3n) is 11.5. The molecule has 6 rings (SSSR count). The molecule has 3 aliphatic heterocycles. The zero-order valence-corrected chi connectivity index (χ0v) is 29.4. The van der Waals surface area contributed by atoms with Crippen molar-refractivity contribution in [1.82, 2.24) is 0 Å². The average molecular weight is 599 g/mol. The molecule has 0 aromatic heterocycles. The molecule has 0 amide bonds. The molecule has 1 saturated heterocycles. The fourth-order valence-electron chi connectivity index (χ4n) is 8.44. The Balaban J connectivity index is 1.54. The molecule has 0 radical (unpaired) electrons. The molecule has 1 unspecified atom stereocenters.